The van der Waals surface area contributed by atoms with Crippen LogP contribution in [0.4, 0.5) is 14.5 Å². The fourth-order valence-corrected chi connectivity index (χ4v) is 3.98. The average Bonchev–Trinajstić information content (AvgIpc) is 2.86. The Morgan fingerprint density at radius 1 is 0.895 bits per heavy atom. The van der Waals surface area contributed by atoms with Crippen molar-refractivity contribution in [2.24, 2.45) is 0 Å². The molecule has 0 bridgehead atoms. The molecule has 0 saturated heterocycles. The van der Waals surface area contributed by atoms with E-state index in [-0.39, 0.29) is 23.9 Å². The summed E-state index contributed by atoms with van der Waals surface area (Å²) in [5.74, 6) is -1.67. The van der Waals surface area contributed by atoms with Gasteiger partial charge in [-0.3, -0.25) is 9.59 Å². The molecule has 8 heteroatoms. The van der Waals surface area contributed by atoms with Gasteiger partial charge >= 0.3 is 5.97 Å². The van der Waals surface area contributed by atoms with Gasteiger partial charge in [0.25, 0.3) is 5.91 Å². The summed E-state index contributed by atoms with van der Waals surface area (Å²) < 4.78 is 33.4. The van der Waals surface area contributed by atoms with E-state index in [0.29, 0.717) is 52.8 Å². The molecule has 1 heterocycles. The van der Waals surface area contributed by atoms with Crippen LogP contribution in [0.15, 0.2) is 66.7 Å². The first-order chi connectivity index (χ1) is 18.1. The van der Waals surface area contributed by atoms with Gasteiger partial charge < -0.3 is 10.1 Å². The molecule has 1 amide bonds. The van der Waals surface area contributed by atoms with E-state index >= 15 is 0 Å². The molecule has 38 heavy (non-hydrogen) atoms. The van der Waals surface area contributed by atoms with Crippen LogP contribution in [-0.2, 0) is 16.0 Å². The Kier molecular flexibility index (Phi) is 8.10. The van der Waals surface area contributed by atoms with Crippen LogP contribution < -0.4 is 5.32 Å². The molecule has 0 aliphatic rings. The lowest BCUT2D eigenvalue weighted by Crippen LogP contribution is -2.23. The number of hydrogen-bond acceptors (Lipinski definition) is 5. The average molecular weight is 518 g/mol. The molecule has 0 aliphatic heterocycles. The Labute approximate surface area is 220 Å². The first-order valence-corrected chi connectivity index (χ1v) is 12.4. The molecule has 0 unspecified atom stereocenters. The van der Waals surface area contributed by atoms with Crippen molar-refractivity contribution in [2.75, 3.05) is 5.32 Å². The van der Waals surface area contributed by atoms with Crippen LogP contribution in [-0.4, -0.2) is 27.4 Å². The molecule has 1 N–H and O–H groups in total. The zero-order chi connectivity index (χ0) is 27.3. The van der Waals surface area contributed by atoms with Crippen molar-refractivity contribution >= 4 is 28.6 Å². The van der Waals surface area contributed by atoms with Gasteiger partial charge in [-0.1, -0.05) is 24.3 Å². The predicted molar refractivity (Wildman–Crippen MR) is 143 cm³/mol. The fourth-order valence-electron chi connectivity index (χ4n) is 3.98. The van der Waals surface area contributed by atoms with Crippen LogP contribution in [0.5, 0.6) is 0 Å². The molecule has 0 spiro atoms. The first kappa shape index (κ1) is 26.9. The number of unbranched alkanes of at least 4 members (excludes halogenated alkanes) is 1. The van der Waals surface area contributed by atoms with E-state index < -0.39 is 17.3 Å². The lowest BCUT2D eigenvalue weighted by molar-refractivity contribution is -0.154. The van der Waals surface area contributed by atoms with Gasteiger partial charge in [0, 0.05) is 17.5 Å². The number of benzene rings is 3. The quantitative estimate of drug-likeness (QED) is 0.204. The molecule has 0 atom stereocenters. The molecule has 0 fully saturated rings. The van der Waals surface area contributed by atoms with Crippen LogP contribution in [0, 0.1) is 11.6 Å². The van der Waals surface area contributed by atoms with Crippen LogP contribution in [0.2, 0.25) is 0 Å². The topological polar surface area (TPSA) is 81.2 Å². The number of aromatic nitrogens is 2. The third-order valence-electron chi connectivity index (χ3n) is 5.68. The summed E-state index contributed by atoms with van der Waals surface area (Å²) in [6, 6.07) is 16.9. The van der Waals surface area contributed by atoms with E-state index in [1.54, 1.807) is 42.5 Å². The molecule has 6 nitrogen and oxygen atoms in total. The summed E-state index contributed by atoms with van der Waals surface area (Å²) in [7, 11) is 0. The number of rotatable bonds is 8. The van der Waals surface area contributed by atoms with Crippen molar-refractivity contribution in [2.45, 2.75) is 52.1 Å². The van der Waals surface area contributed by atoms with Crippen LogP contribution in [0.1, 0.15) is 56.1 Å². The molecule has 4 aromatic rings. The maximum atomic E-state index is 14.0. The van der Waals surface area contributed by atoms with Crippen molar-refractivity contribution in [1.82, 2.24) is 9.97 Å². The number of hydrogen-bond donors (Lipinski definition) is 1. The minimum atomic E-state index is -0.540. The highest BCUT2D eigenvalue weighted by molar-refractivity contribution is 6.06. The lowest BCUT2D eigenvalue weighted by atomic mass is 10.0. The van der Waals surface area contributed by atoms with Crippen LogP contribution >= 0.6 is 0 Å². The predicted octanol–water partition coefficient (Wildman–Crippen LogP) is 6.88. The summed E-state index contributed by atoms with van der Waals surface area (Å²) in [6.07, 6.45) is 1.98. The van der Waals surface area contributed by atoms with Crippen molar-refractivity contribution in [3.8, 4) is 11.3 Å². The normalized spacial score (nSPS) is 11.4. The number of nitrogens with one attached hydrogen (secondary N) is 1. The summed E-state index contributed by atoms with van der Waals surface area (Å²) in [4.78, 5) is 34.4. The molecule has 4 rings (SSSR count). The Balaban J connectivity index is 1.60. The van der Waals surface area contributed by atoms with Crippen molar-refractivity contribution in [3.63, 3.8) is 0 Å². The third-order valence-corrected chi connectivity index (χ3v) is 5.68. The maximum absolute atomic E-state index is 14.0. The van der Waals surface area contributed by atoms with Gasteiger partial charge in [0.15, 0.2) is 0 Å². The number of esters is 1. The zero-order valence-corrected chi connectivity index (χ0v) is 21.6. The van der Waals surface area contributed by atoms with E-state index in [1.165, 1.54) is 24.3 Å². The number of aryl methyl sites for hydroxylation is 1. The number of halogens is 2. The zero-order valence-electron chi connectivity index (χ0n) is 21.6. The smallest absolute Gasteiger partial charge is 0.306 e. The van der Waals surface area contributed by atoms with Gasteiger partial charge in [-0.2, -0.15) is 0 Å². The van der Waals surface area contributed by atoms with E-state index in [2.05, 4.69) is 5.32 Å². The van der Waals surface area contributed by atoms with E-state index in [0.717, 1.165) is 0 Å². The second kappa shape index (κ2) is 11.5. The van der Waals surface area contributed by atoms with Gasteiger partial charge in [-0.15, -0.1) is 0 Å². The van der Waals surface area contributed by atoms with Crippen molar-refractivity contribution in [3.05, 3.63) is 89.6 Å². The van der Waals surface area contributed by atoms with E-state index in [1.807, 2.05) is 20.8 Å². The molecule has 1 aromatic heterocycles. The number of anilines is 1. The molecular formula is C30H29F2N3O3. The van der Waals surface area contributed by atoms with E-state index in [4.69, 9.17) is 14.7 Å². The summed E-state index contributed by atoms with van der Waals surface area (Å²) in [5.41, 5.74) is 2.60. The lowest BCUT2D eigenvalue weighted by Gasteiger charge is -2.19. The monoisotopic (exact) mass is 517 g/mol. The second-order valence-electron chi connectivity index (χ2n) is 9.96. The molecule has 0 radical (unpaired) electrons. The Morgan fingerprint density at radius 2 is 1.68 bits per heavy atom. The highest BCUT2D eigenvalue weighted by Gasteiger charge is 2.17. The standard InChI is InChI=1S/C30H29F2N3O3/c1-30(2,3)38-27(36)14-7-6-13-25-28(19-9-8-10-21(31)17-19)34-24-16-15-20(18-26(24)33-25)29(37)35-23-12-5-4-11-22(23)32/h4-5,8-12,15-18H,6-7,13-14H2,1-3H3,(H,35,37). The SMILES string of the molecule is CC(C)(C)OC(=O)CCCCc1nc2cc(C(=O)Nc3ccccc3F)ccc2nc1-c1cccc(F)c1. The highest BCUT2D eigenvalue weighted by Crippen LogP contribution is 2.26. The largest absolute Gasteiger partial charge is 0.460 e. The minimum Gasteiger partial charge on any atom is -0.460 e. The molecule has 196 valence electrons. The minimum absolute atomic E-state index is 0.0795. The number of para-hydroxylation sites is 1. The Bertz CT molecular complexity index is 1480. The van der Waals surface area contributed by atoms with Crippen LogP contribution in [0.3, 0.4) is 0 Å². The summed E-state index contributed by atoms with van der Waals surface area (Å²) in [6.45, 7) is 5.48. The molecule has 0 saturated carbocycles. The first-order valence-electron chi connectivity index (χ1n) is 12.4. The van der Waals surface area contributed by atoms with Gasteiger partial charge in [0.2, 0.25) is 0 Å². The highest BCUT2D eigenvalue weighted by atomic mass is 19.1. The summed E-state index contributed by atoms with van der Waals surface area (Å²) >= 11 is 0. The molecular weight excluding hydrogens is 488 g/mol. The molecule has 3 aromatic carbocycles. The number of carbonyl (C=O) groups excluding carboxylic acids is 2. The number of carbonyl (C=O) groups is 2. The Hall–Kier alpha value is -4.20. The van der Waals surface area contributed by atoms with Gasteiger partial charge in [-0.25, -0.2) is 18.7 Å². The van der Waals surface area contributed by atoms with Gasteiger partial charge in [-0.05, 0) is 82.5 Å². The Morgan fingerprint density at radius 3 is 2.42 bits per heavy atom. The number of fused-ring (bicyclic) bond motifs is 1. The van der Waals surface area contributed by atoms with Crippen LogP contribution in [0.25, 0.3) is 22.3 Å². The maximum Gasteiger partial charge on any atom is 0.306 e. The third kappa shape index (κ3) is 6.97. The number of nitrogens with zero attached hydrogens (tertiary/aromatic N) is 2. The second-order valence-corrected chi connectivity index (χ2v) is 9.96. The van der Waals surface area contributed by atoms with Crippen molar-refractivity contribution < 1.29 is 23.1 Å². The number of amides is 1. The molecule has 0 aliphatic carbocycles. The van der Waals surface area contributed by atoms with Gasteiger partial charge in [0.1, 0.15) is 17.2 Å². The van der Waals surface area contributed by atoms with E-state index in [9.17, 15) is 18.4 Å². The van der Waals surface area contributed by atoms with Gasteiger partial charge in [0.05, 0.1) is 28.1 Å². The summed E-state index contributed by atoms with van der Waals surface area (Å²) in [5, 5.41) is 2.57. The van der Waals surface area contributed by atoms with Crippen molar-refractivity contribution in [1.29, 1.82) is 0 Å². The fraction of sp³-hybridized carbons (Fsp3) is 0.267. The number of ether oxygens (including phenoxy) is 1.